The standard InChI is InChI=1S/C16H15N3O2S2/c1-3-12-18-19-16(23-12)13-14(20)11(22-15(13)17)8-9-4-6-10(21-2)7-5-9/h4-8,13,17H,3H2,1-2H3/b11-8-,17-15?/t13-/m1/s1. The van der Waals surface area contributed by atoms with E-state index in [4.69, 9.17) is 10.1 Å². The van der Waals surface area contributed by atoms with Gasteiger partial charge in [0.2, 0.25) is 0 Å². The van der Waals surface area contributed by atoms with Crippen LogP contribution < -0.4 is 4.74 Å². The van der Waals surface area contributed by atoms with Crippen molar-refractivity contribution < 1.29 is 9.53 Å². The summed E-state index contributed by atoms with van der Waals surface area (Å²) in [5.41, 5.74) is 0.904. The normalized spacial score (nSPS) is 19.6. The molecule has 1 saturated heterocycles. The highest BCUT2D eigenvalue weighted by Crippen LogP contribution is 2.41. The molecule has 3 rings (SSSR count). The van der Waals surface area contributed by atoms with Gasteiger partial charge in [0.1, 0.15) is 21.7 Å². The molecule has 1 aromatic heterocycles. The number of Topliss-reactive ketones (excluding diaryl/α,β-unsaturated/α-hetero) is 1. The number of ether oxygens (including phenoxy) is 1. The second-order valence-corrected chi connectivity index (χ2v) is 7.11. The van der Waals surface area contributed by atoms with Crippen LogP contribution >= 0.6 is 23.1 Å². The van der Waals surface area contributed by atoms with Crippen LogP contribution in [0.4, 0.5) is 0 Å². The fourth-order valence-corrected chi connectivity index (χ4v) is 4.14. The summed E-state index contributed by atoms with van der Waals surface area (Å²) in [6.07, 6.45) is 2.59. The Balaban J connectivity index is 1.86. The molecule has 2 aromatic rings. The Morgan fingerprint density at radius 1 is 1.30 bits per heavy atom. The minimum Gasteiger partial charge on any atom is -0.497 e. The maximum atomic E-state index is 12.6. The lowest BCUT2D eigenvalue weighted by atomic mass is 10.1. The number of carbonyl (C=O) groups is 1. The predicted molar refractivity (Wildman–Crippen MR) is 93.3 cm³/mol. The summed E-state index contributed by atoms with van der Waals surface area (Å²) in [7, 11) is 1.61. The number of aromatic nitrogens is 2. The predicted octanol–water partition coefficient (Wildman–Crippen LogP) is 3.53. The first-order valence-electron chi connectivity index (χ1n) is 7.11. The Bertz CT molecular complexity index is 781. The summed E-state index contributed by atoms with van der Waals surface area (Å²) in [6.45, 7) is 2.00. The molecule has 118 valence electrons. The molecule has 1 aromatic carbocycles. The van der Waals surface area contributed by atoms with Crippen molar-refractivity contribution in [3.05, 3.63) is 44.7 Å². The highest BCUT2D eigenvalue weighted by Gasteiger charge is 2.39. The first-order chi connectivity index (χ1) is 11.1. The molecule has 0 bridgehead atoms. The molecule has 0 spiro atoms. The van der Waals surface area contributed by atoms with Crippen molar-refractivity contribution in [1.82, 2.24) is 10.2 Å². The number of ketones is 1. The van der Waals surface area contributed by atoms with Crippen molar-refractivity contribution in [2.75, 3.05) is 7.11 Å². The lowest BCUT2D eigenvalue weighted by Gasteiger charge is -2.01. The van der Waals surface area contributed by atoms with Crippen molar-refractivity contribution in [2.45, 2.75) is 19.3 Å². The molecule has 1 aliphatic rings. The highest BCUT2D eigenvalue weighted by molar-refractivity contribution is 8.19. The first-order valence-corrected chi connectivity index (χ1v) is 8.74. The molecule has 1 N–H and O–H groups in total. The Hall–Kier alpha value is -1.99. The van der Waals surface area contributed by atoms with Gasteiger partial charge in [-0.05, 0) is 30.2 Å². The molecular weight excluding hydrogens is 330 g/mol. The topological polar surface area (TPSA) is 75.9 Å². The molecule has 5 nitrogen and oxygen atoms in total. The molecule has 0 radical (unpaired) electrons. The van der Waals surface area contributed by atoms with E-state index in [-0.39, 0.29) is 5.78 Å². The van der Waals surface area contributed by atoms with Crippen LogP contribution in [0.3, 0.4) is 0 Å². The van der Waals surface area contributed by atoms with Crippen LogP contribution in [-0.4, -0.2) is 28.1 Å². The zero-order valence-corrected chi connectivity index (χ0v) is 14.3. The summed E-state index contributed by atoms with van der Waals surface area (Å²) in [6, 6.07) is 7.46. The van der Waals surface area contributed by atoms with Gasteiger partial charge in [0.25, 0.3) is 0 Å². The Morgan fingerprint density at radius 3 is 2.65 bits per heavy atom. The largest absolute Gasteiger partial charge is 0.497 e. The van der Waals surface area contributed by atoms with E-state index < -0.39 is 5.92 Å². The van der Waals surface area contributed by atoms with Gasteiger partial charge in [-0.2, -0.15) is 0 Å². The van der Waals surface area contributed by atoms with E-state index in [0.717, 1.165) is 22.7 Å². The van der Waals surface area contributed by atoms with E-state index >= 15 is 0 Å². The van der Waals surface area contributed by atoms with E-state index in [1.54, 1.807) is 7.11 Å². The molecule has 7 heteroatoms. The number of nitrogens with zero attached hydrogens (tertiary/aromatic N) is 2. The molecule has 0 aliphatic carbocycles. The molecule has 0 unspecified atom stereocenters. The van der Waals surface area contributed by atoms with Gasteiger partial charge in [-0.1, -0.05) is 30.8 Å². The van der Waals surface area contributed by atoms with Gasteiger partial charge < -0.3 is 4.74 Å². The van der Waals surface area contributed by atoms with Crippen molar-refractivity contribution >= 4 is 40.0 Å². The number of methoxy groups -OCH3 is 1. The Morgan fingerprint density at radius 2 is 2.04 bits per heavy atom. The van der Waals surface area contributed by atoms with Gasteiger partial charge in [0.05, 0.1) is 17.1 Å². The minimum absolute atomic E-state index is 0.0744. The Kier molecular flexibility index (Phi) is 4.58. The fraction of sp³-hybridized carbons (Fsp3) is 0.250. The van der Waals surface area contributed by atoms with Crippen molar-refractivity contribution in [3.63, 3.8) is 0 Å². The smallest absolute Gasteiger partial charge is 0.186 e. The van der Waals surface area contributed by atoms with E-state index in [9.17, 15) is 4.79 Å². The summed E-state index contributed by atoms with van der Waals surface area (Å²) < 4.78 is 5.12. The summed E-state index contributed by atoms with van der Waals surface area (Å²) in [4.78, 5) is 13.2. The maximum Gasteiger partial charge on any atom is 0.186 e. The van der Waals surface area contributed by atoms with Crippen LogP contribution in [0.1, 0.15) is 28.4 Å². The van der Waals surface area contributed by atoms with Crippen LogP contribution in [0, 0.1) is 5.41 Å². The lowest BCUT2D eigenvalue weighted by molar-refractivity contribution is -0.114. The van der Waals surface area contributed by atoms with Crippen LogP contribution in [0.5, 0.6) is 5.75 Å². The summed E-state index contributed by atoms with van der Waals surface area (Å²) >= 11 is 2.61. The zero-order valence-electron chi connectivity index (χ0n) is 12.7. The van der Waals surface area contributed by atoms with Gasteiger partial charge in [-0.3, -0.25) is 10.2 Å². The van der Waals surface area contributed by atoms with Gasteiger partial charge >= 0.3 is 0 Å². The Labute approximate surface area is 142 Å². The molecule has 0 amide bonds. The minimum atomic E-state index is -0.595. The van der Waals surface area contributed by atoms with Crippen LogP contribution in [0.2, 0.25) is 0 Å². The van der Waals surface area contributed by atoms with Crippen molar-refractivity contribution in [2.24, 2.45) is 0 Å². The third-order valence-corrected chi connectivity index (χ3v) is 5.56. The van der Waals surface area contributed by atoms with Crippen LogP contribution in [0.15, 0.2) is 29.2 Å². The average Bonchev–Trinajstić information content (AvgIpc) is 3.13. The van der Waals surface area contributed by atoms with Gasteiger partial charge in [-0.25, -0.2) is 0 Å². The number of rotatable bonds is 4. The summed E-state index contributed by atoms with van der Waals surface area (Å²) in [5, 5.41) is 18.1. The molecule has 1 fully saturated rings. The number of thioether (sulfide) groups is 1. The van der Waals surface area contributed by atoms with Gasteiger partial charge in [-0.15, -0.1) is 21.5 Å². The van der Waals surface area contributed by atoms with Crippen molar-refractivity contribution in [1.29, 1.82) is 5.41 Å². The molecule has 1 atom stereocenters. The zero-order chi connectivity index (χ0) is 16.4. The van der Waals surface area contributed by atoms with Gasteiger partial charge in [0.15, 0.2) is 5.78 Å². The highest BCUT2D eigenvalue weighted by atomic mass is 32.2. The fourth-order valence-electron chi connectivity index (χ4n) is 2.19. The van der Waals surface area contributed by atoms with E-state index in [2.05, 4.69) is 10.2 Å². The summed E-state index contributed by atoms with van der Waals surface area (Å²) in [5.74, 6) is 0.0982. The number of carbonyl (C=O) groups excluding carboxylic acids is 1. The van der Waals surface area contributed by atoms with E-state index in [1.165, 1.54) is 23.1 Å². The number of nitrogens with one attached hydrogen (secondary N) is 1. The quantitative estimate of drug-likeness (QED) is 0.858. The SMILES string of the molecule is CCc1nnc([C@H]2C(=N)S/C(=C\c3ccc(OC)cc3)C2=O)s1. The van der Waals surface area contributed by atoms with E-state index in [1.807, 2.05) is 37.3 Å². The lowest BCUT2D eigenvalue weighted by Crippen LogP contribution is -2.11. The second-order valence-electron chi connectivity index (χ2n) is 4.93. The van der Waals surface area contributed by atoms with E-state index in [0.29, 0.717) is 15.0 Å². The second kappa shape index (κ2) is 6.64. The number of hydrogen-bond donors (Lipinski definition) is 1. The molecule has 23 heavy (non-hydrogen) atoms. The number of hydrogen-bond acceptors (Lipinski definition) is 7. The number of aryl methyl sites for hydroxylation is 1. The molecule has 0 saturated carbocycles. The molecule has 1 aliphatic heterocycles. The van der Waals surface area contributed by atoms with Crippen LogP contribution in [-0.2, 0) is 11.2 Å². The van der Waals surface area contributed by atoms with Gasteiger partial charge in [0, 0.05) is 0 Å². The average molecular weight is 345 g/mol. The molecule has 2 heterocycles. The maximum absolute atomic E-state index is 12.6. The third kappa shape index (κ3) is 3.20. The van der Waals surface area contributed by atoms with Crippen molar-refractivity contribution in [3.8, 4) is 5.75 Å². The first kappa shape index (κ1) is 15.9. The third-order valence-electron chi connectivity index (χ3n) is 3.43. The monoisotopic (exact) mass is 345 g/mol. The van der Waals surface area contributed by atoms with Crippen LogP contribution in [0.25, 0.3) is 6.08 Å². The molecular formula is C16H15N3O2S2. The number of benzene rings is 1. The number of allylic oxidation sites excluding steroid dienone is 1.